The van der Waals surface area contributed by atoms with Crippen LogP contribution in [0, 0.1) is 0 Å². The minimum absolute atomic E-state index is 0.0942. The summed E-state index contributed by atoms with van der Waals surface area (Å²) in [5.74, 6) is -1.21. The third kappa shape index (κ3) is 3.17. The summed E-state index contributed by atoms with van der Waals surface area (Å²) < 4.78 is 27.2. The van der Waals surface area contributed by atoms with Crippen molar-refractivity contribution in [1.29, 1.82) is 0 Å². The zero-order valence-corrected chi connectivity index (χ0v) is 15.4. The second-order valence-corrected chi connectivity index (χ2v) is 9.03. The molecule has 25 heavy (non-hydrogen) atoms. The molecule has 0 radical (unpaired) electrons. The lowest BCUT2D eigenvalue weighted by Gasteiger charge is -2.23. The fraction of sp³-hybridized carbons (Fsp3) is 0.400. The van der Waals surface area contributed by atoms with E-state index in [9.17, 15) is 18.3 Å². The van der Waals surface area contributed by atoms with E-state index >= 15 is 0 Å². The molecule has 0 spiro atoms. The van der Waals surface area contributed by atoms with Crippen molar-refractivity contribution in [1.82, 2.24) is 19.6 Å². The third-order valence-electron chi connectivity index (χ3n) is 4.30. The van der Waals surface area contributed by atoms with E-state index in [1.165, 1.54) is 19.6 Å². The number of nitrogens with zero attached hydrogens (tertiary/aromatic N) is 3. The van der Waals surface area contributed by atoms with Gasteiger partial charge in [0.15, 0.2) is 0 Å². The molecular weight excluding hydrogens is 364 g/mol. The van der Waals surface area contributed by atoms with Crippen molar-refractivity contribution >= 4 is 27.3 Å². The van der Waals surface area contributed by atoms with E-state index in [0.717, 1.165) is 20.5 Å². The zero-order chi connectivity index (χ0) is 18.2. The van der Waals surface area contributed by atoms with E-state index in [0.29, 0.717) is 30.8 Å². The molecule has 0 saturated heterocycles. The maximum atomic E-state index is 13.1. The van der Waals surface area contributed by atoms with Gasteiger partial charge in [-0.2, -0.15) is 4.31 Å². The molecule has 0 unspecified atom stereocenters. The molecule has 2 aromatic heterocycles. The van der Waals surface area contributed by atoms with Gasteiger partial charge in [-0.1, -0.05) is 0 Å². The average Bonchev–Trinajstić information content (AvgIpc) is 3.01. The second-order valence-electron chi connectivity index (χ2n) is 5.73. The summed E-state index contributed by atoms with van der Waals surface area (Å²) in [4.78, 5) is 20.4. The van der Waals surface area contributed by atoms with Crippen LogP contribution < -0.4 is 5.32 Å². The molecule has 1 atom stereocenters. The number of carboxylic acid groups (broad SMARTS) is 1. The van der Waals surface area contributed by atoms with Crippen molar-refractivity contribution in [3.63, 3.8) is 0 Å². The Morgan fingerprint density at radius 1 is 1.48 bits per heavy atom. The highest BCUT2D eigenvalue weighted by atomic mass is 32.2. The maximum Gasteiger partial charge on any atom is 0.338 e. The summed E-state index contributed by atoms with van der Waals surface area (Å²) in [5, 5.41) is 12.7. The molecule has 10 heteroatoms. The van der Waals surface area contributed by atoms with Gasteiger partial charge in [0.25, 0.3) is 10.0 Å². The smallest absolute Gasteiger partial charge is 0.338 e. The van der Waals surface area contributed by atoms with Crippen molar-refractivity contribution in [3.8, 4) is 0 Å². The number of aromatic carboxylic acids is 1. The van der Waals surface area contributed by atoms with Gasteiger partial charge in [-0.05, 0) is 31.5 Å². The van der Waals surface area contributed by atoms with Gasteiger partial charge in [0.2, 0.25) is 0 Å². The summed E-state index contributed by atoms with van der Waals surface area (Å²) in [6.07, 6.45) is 3.40. The number of carbonyl (C=O) groups is 1. The van der Waals surface area contributed by atoms with Crippen LogP contribution in [-0.4, -0.2) is 47.4 Å². The van der Waals surface area contributed by atoms with E-state index in [1.54, 1.807) is 13.0 Å². The molecule has 3 heterocycles. The molecule has 3 rings (SSSR count). The van der Waals surface area contributed by atoms with Crippen molar-refractivity contribution in [3.05, 3.63) is 40.3 Å². The van der Waals surface area contributed by atoms with Gasteiger partial charge >= 0.3 is 5.97 Å². The van der Waals surface area contributed by atoms with Gasteiger partial charge < -0.3 is 10.4 Å². The molecule has 134 valence electrons. The fourth-order valence-corrected chi connectivity index (χ4v) is 6.15. The highest BCUT2D eigenvalue weighted by Crippen LogP contribution is 2.37. The quantitative estimate of drug-likeness (QED) is 0.800. The molecule has 0 saturated carbocycles. The lowest BCUT2D eigenvalue weighted by molar-refractivity contribution is 0.0692. The number of aromatic nitrogens is 2. The largest absolute Gasteiger partial charge is 0.478 e. The molecule has 2 N–H and O–H groups in total. The Balaban J connectivity index is 2.05. The van der Waals surface area contributed by atoms with Crippen LogP contribution in [0.2, 0.25) is 0 Å². The topological polar surface area (TPSA) is 112 Å². The van der Waals surface area contributed by atoms with Gasteiger partial charge in [-0.15, -0.1) is 11.3 Å². The number of hydrogen-bond acceptors (Lipinski definition) is 7. The Kier molecular flexibility index (Phi) is 4.87. The minimum Gasteiger partial charge on any atom is -0.478 e. The van der Waals surface area contributed by atoms with Gasteiger partial charge in [-0.25, -0.2) is 23.2 Å². The summed E-state index contributed by atoms with van der Waals surface area (Å²) in [6, 6.07) is 1.09. The summed E-state index contributed by atoms with van der Waals surface area (Å²) >= 11 is 1.03. The highest BCUT2D eigenvalue weighted by molar-refractivity contribution is 7.91. The molecular formula is C15H18N4O4S2. The first-order chi connectivity index (χ1) is 11.8. The number of carboxylic acids is 1. The first-order valence-corrected chi connectivity index (χ1v) is 9.92. The Labute approximate surface area is 149 Å². The molecule has 2 aromatic rings. The van der Waals surface area contributed by atoms with Crippen molar-refractivity contribution < 1.29 is 18.3 Å². The zero-order valence-electron chi connectivity index (χ0n) is 13.8. The van der Waals surface area contributed by atoms with Crippen LogP contribution in [0.1, 0.15) is 39.5 Å². The predicted octanol–water partition coefficient (Wildman–Crippen LogP) is 1.26. The number of nitrogens with one attached hydrogen (secondary N) is 1. The summed E-state index contributed by atoms with van der Waals surface area (Å²) in [6.45, 7) is 2.83. The summed E-state index contributed by atoms with van der Waals surface area (Å²) in [7, 11) is -2.54. The van der Waals surface area contributed by atoms with E-state index in [2.05, 4.69) is 15.3 Å². The van der Waals surface area contributed by atoms with Gasteiger partial charge in [0, 0.05) is 24.7 Å². The SMILES string of the molecule is C[C@H](c1ccncn1)N(C)S(=O)(=O)c1sc2c(c1C(=O)O)CCNC2. The van der Waals surface area contributed by atoms with Crippen LogP contribution in [0.25, 0.3) is 0 Å². The van der Waals surface area contributed by atoms with Gasteiger partial charge in [-0.3, -0.25) is 0 Å². The van der Waals surface area contributed by atoms with Crippen LogP contribution in [0.3, 0.4) is 0 Å². The Morgan fingerprint density at radius 3 is 2.88 bits per heavy atom. The van der Waals surface area contributed by atoms with Crippen LogP contribution in [0.15, 0.2) is 22.8 Å². The van der Waals surface area contributed by atoms with Crippen LogP contribution >= 0.6 is 11.3 Å². The second kappa shape index (κ2) is 6.79. The molecule has 0 bridgehead atoms. The number of thiophene rings is 1. The molecule has 1 aliphatic heterocycles. The Morgan fingerprint density at radius 2 is 2.24 bits per heavy atom. The lowest BCUT2D eigenvalue weighted by atomic mass is 10.1. The molecule has 0 aliphatic carbocycles. The molecule has 0 aromatic carbocycles. The normalized spacial score (nSPS) is 15.8. The van der Waals surface area contributed by atoms with Crippen LogP contribution in [-0.2, 0) is 23.0 Å². The minimum atomic E-state index is -3.97. The number of hydrogen-bond donors (Lipinski definition) is 2. The van der Waals surface area contributed by atoms with Crippen molar-refractivity contribution in [2.45, 2.75) is 30.1 Å². The molecule has 0 amide bonds. The molecule has 8 nitrogen and oxygen atoms in total. The van der Waals surface area contributed by atoms with Crippen LogP contribution in [0.4, 0.5) is 0 Å². The number of fused-ring (bicyclic) bond motifs is 1. The van der Waals surface area contributed by atoms with Crippen LogP contribution in [0.5, 0.6) is 0 Å². The van der Waals surface area contributed by atoms with Gasteiger partial charge in [0.05, 0.1) is 17.3 Å². The van der Waals surface area contributed by atoms with E-state index in [-0.39, 0.29) is 9.77 Å². The van der Waals surface area contributed by atoms with E-state index in [4.69, 9.17) is 0 Å². The molecule has 0 fully saturated rings. The monoisotopic (exact) mass is 382 g/mol. The standard InChI is InChI=1S/C15H18N4O4S2/c1-9(11-4-6-17-8-18-11)19(2)25(22,23)15-13(14(20)21)10-3-5-16-7-12(10)24-15/h4,6,8-9,16H,3,5,7H2,1-2H3,(H,20,21)/t9-/m1/s1. The highest BCUT2D eigenvalue weighted by Gasteiger charge is 2.36. The lowest BCUT2D eigenvalue weighted by Crippen LogP contribution is -2.31. The molecule has 1 aliphatic rings. The Hall–Kier alpha value is -1.88. The first kappa shape index (κ1) is 17.9. The van der Waals surface area contributed by atoms with E-state index < -0.39 is 22.0 Å². The van der Waals surface area contributed by atoms with Gasteiger partial charge in [0.1, 0.15) is 10.5 Å². The average molecular weight is 382 g/mol. The predicted molar refractivity (Wildman–Crippen MR) is 92.1 cm³/mol. The third-order valence-corrected chi connectivity index (χ3v) is 7.96. The first-order valence-electron chi connectivity index (χ1n) is 7.66. The maximum absolute atomic E-state index is 13.1. The Bertz CT molecular complexity index is 896. The van der Waals surface area contributed by atoms with E-state index in [1.807, 2.05) is 0 Å². The number of sulfonamides is 1. The summed E-state index contributed by atoms with van der Waals surface area (Å²) in [5.41, 5.74) is 1.07. The fourth-order valence-electron chi connectivity index (χ4n) is 2.78. The van der Waals surface area contributed by atoms with Crippen molar-refractivity contribution in [2.75, 3.05) is 13.6 Å². The van der Waals surface area contributed by atoms with Crippen molar-refractivity contribution in [2.24, 2.45) is 0 Å². The number of rotatable bonds is 5.